The average Bonchev–Trinajstić information content (AvgIpc) is 3.21. The van der Waals surface area contributed by atoms with E-state index in [1.54, 1.807) is 4.90 Å². The van der Waals surface area contributed by atoms with E-state index in [-0.39, 0.29) is 11.9 Å². The Morgan fingerprint density at radius 2 is 1.87 bits per heavy atom. The second kappa shape index (κ2) is 5.68. The van der Waals surface area contributed by atoms with Crippen molar-refractivity contribution in [3.05, 3.63) is 35.9 Å². The highest BCUT2D eigenvalue weighted by atomic mass is 16.2. The number of amidine groups is 1. The first kappa shape index (κ1) is 14.2. The van der Waals surface area contributed by atoms with Crippen molar-refractivity contribution in [1.82, 2.24) is 15.5 Å². The average molecular weight is 312 g/mol. The summed E-state index contributed by atoms with van der Waals surface area (Å²) < 4.78 is 0. The molecule has 2 atom stereocenters. The number of fused-ring (bicyclic) bond motifs is 1. The number of carbonyl (C=O) groups excluding carboxylic acids is 2. The Hall–Kier alpha value is -2.37. The van der Waals surface area contributed by atoms with Crippen LogP contribution < -0.4 is 10.6 Å². The highest BCUT2D eigenvalue weighted by molar-refractivity contribution is 6.04. The van der Waals surface area contributed by atoms with Gasteiger partial charge in [-0.25, -0.2) is 9.79 Å². The lowest BCUT2D eigenvalue weighted by atomic mass is 10.1. The van der Waals surface area contributed by atoms with Gasteiger partial charge in [0.05, 0.1) is 0 Å². The molecule has 0 radical (unpaired) electrons. The molecule has 1 aromatic rings. The van der Waals surface area contributed by atoms with E-state index < -0.39 is 12.2 Å². The third-order valence-electron chi connectivity index (χ3n) is 4.90. The standard InChI is InChI=1S/C17H20N4O2/c22-16-13-15(19-14(18-13)12-8-4-5-9-12)21(17(23)20-16)10-11-6-2-1-3-7-11/h1-3,6-7,12-13,15H,4-5,8-10H2,(H,18,19)(H,20,22,23). The molecule has 120 valence electrons. The van der Waals surface area contributed by atoms with Crippen molar-refractivity contribution in [3.8, 4) is 0 Å². The van der Waals surface area contributed by atoms with Crippen LogP contribution in [0.1, 0.15) is 31.2 Å². The summed E-state index contributed by atoms with van der Waals surface area (Å²) in [6.45, 7) is 0.449. The molecule has 2 N–H and O–H groups in total. The maximum Gasteiger partial charge on any atom is 0.326 e. The molecule has 1 aliphatic carbocycles. The van der Waals surface area contributed by atoms with Crippen molar-refractivity contribution in [1.29, 1.82) is 0 Å². The zero-order valence-corrected chi connectivity index (χ0v) is 12.9. The molecular formula is C17H20N4O2. The Bertz CT molecular complexity index is 652. The highest BCUT2D eigenvalue weighted by Crippen LogP contribution is 2.29. The van der Waals surface area contributed by atoms with E-state index in [2.05, 4.69) is 10.6 Å². The molecule has 1 aromatic carbocycles. The van der Waals surface area contributed by atoms with Crippen LogP contribution in [0.4, 0.5) is 4.79 Å². The maximum absolute atomic E-state index is 12.3. The van der Waals surface area contributed by atoms with Gasteiger partial charge in [0, 0.05) is 12.5 Å². The Labute approximate surface area is 135 Å². The van der Waals surface area contributed by atoms with Gasteiger partial charge in [-0.3, -0.25) is 15.0 Å². The maximum atomic E-state index is 12.3. The summed E-state index contributed by atoms with van der Waals surface area (Å²) in [5.41, 5.74) is 1.03. The van der Waals surface area contributed by atoms with Gasteiger partial charge in [-0.05, 0) is 18.4 Å². The Kier molecular flexibility index (Phi) is 3.52. The van der Waals surface area contributed by atoms with Crippen molar-refractivity contribution in [2.45, 2.75) is 44.4 Å². The summed E-state index contributed by atoms with van der Waals surface area (Å²) in [4.78, 5) is 30.8. The van der Waals surface area contributed by atoms with Crippen molar-refractivity contribution < 1.29 is 9.59 Å². The Morgan fingerprint density at radius 1 is 1.13 bits per heavy atom. The summed E-state index contributed by atoms with van der Waals surface area (Å²) in [5.74, 6) is 1.03. The molecule has 0 aromatic heterocycles. The minimum atomic E-state index is -0.466. The number of amides is 3. The Balaban J connectivity index is 1.59. The number of urea groups is 1. The monoisotopic (exact) mass is 312 g/mol. The number of rotatable bonds is 3. The smallest absolute Gasteiger partial charge is 0.326 e. The van der Waals surface area contributed by atoms with Crippen LogP contribution >= 0.6 is 0 Å². The molecule has 2 unspecified atom stereocenters. The van der Waals surface area contributed by atoms with Gasteiger partial charge in [-0.2, -0.15) is 0 Å². The quantitative estimate of drug-likeness (QED) is 0.891. The van der Waals surface area contributed by atoms with E-state index in [9.17, 15) is 9.59 Å². The molecule has 6 heteroatoms. The topological polar surface area (TPSA) is 73.8 Å². The van der Waals surface area contributed by atoms with Crippen LogP contribution in [0.3, 0.4) is 0 Å². The Morgan fingerprint density at radius 3 is 2.61 bits per heavy atom. The molecule has 6 nitrogen and oxygen atoms in total. The fourth-order valence-electron chi connectivity index (χ4n) is 3.68. The summed E-state index contributed by atoms with van der Waals surface area (Å²) >= 11 is 0. The van der Waals surface area contributed by atoms with Gasteiger partial charge < -0.3 is 5.32 Å². The van der Waals surface area contributed by atoms with E-state index >= 15 is 0 Å². The minimum absolute atomic E-state index is 0.277. The zero-order valence-electron chi connectivity index (χ0n) is 12.9. The van der Waals surface area contributed by atoms with E-state index in [1.165, 1.54) is 12.8 Å². The number of hydrogen-bond donors (Lipinski definition) is 2. The van der Waals surface area contributed by atoms with E-state index in [1.807, 2.05) is 30.3 Å². The molecule has 2 aliphatic heterocycles. The molecule has 2 fully saturated rings. The van der Waals surface area contributed by atoms with E-state index in [0.717, 1.165) is 24.2 Å². The molecule has 23 heavy (non-hydrogen) atoms. The third-order valence-corrected chi connectivity index (χ3v) is 4.90. The zero-order chi connectivity index (χ0) is 15.8. The molecule has 1 saturated carbocycles. The number of benzene rings is 1. The van der Waals surface area contributed by atoms with E-state index in [0.29, 0.717) is 12.5 Å². The second-order valence-electron chi connectivity index (χ2n) is 6.44. The van der Waals surface area contributed by atoms with Crippen LogP contribution in [-0.2, 0) is 11.3 Å². The van der Waals surface area contributed by atoms with Crippen LogP contribution in [0.15, 0.2) is 35.3 Å². The number of carbonyl (C=O) groups is 2. The largest absolute Gasteiger partial charge is 0.359 e. The summed E-state index contributed by atoms with van der Waals surface area (Å²) in [7, 11) is 0. The molecule has 0 bridgehead atoms. The van der Waals surface area contributed by atoms with Crippen LogP contribution in [-0.4, -0.2) is 34.9 Å². The first-order chi connectivity index (χ1) is 11.2. The van der Waals surface area contributed by atoms with Gasteiger partial charge >= 0.3 is 6.03 Å². The first-order valence-electron chi connectivity index (χ1n) is 8.22. The molecule has 3 amide bonds. The molecule has 1 saturated heterocycles. The van der Waals surface area contributed by atoms with Crippen molar-refractivity contribution in [2.24, 2.45) is 10.9 Å². The second-order valence-corrected chi connectivity index (χ2v) is 6.44. The lowest BCUT2D eigenvalue weighted by Crippen LogP contribution is -2.63. The van der Waals surface area contributed by atoms with Crippen LogP contribution in [0.5, 0.6) is 0 Å². The predicted molar refractivity (Wildman–Crippen MR) is 85.6 cm³/mol. The summed E-state index contributed by atoms with van der Waals surface area (Å²) in [5, 5.41) is 5.71. The first-order valence-corrected chi connectivity index (χ1v) is 8.22. The molecule has 0 spiro atoms. The number of nitrogens with one attached hydrogen (secondary N) is 2. The van der Waals surface area contributed by atoms with Gasteiger partial charge in [0.15, 0.2) is 6.17 Å². The van der Waals surface area contributed by atoms with Crippen LogP contribution in [0.25, 0.3) is 0 Å². The fraction of sp³-hybridized carbons (Fsp3) is 0.471. The lowest BCUT2D eigenvalue weighted by molar-refractivity contribution is -0.124. The predicted octanol–water partition coefficient (Wildman–Crippen LogP) is 1.62. The summed E-state index contributed by atoms with van der Waals surface area (Å²) in [6.07, 6.45) is 4.20. The molecule has 4 rings (SSSR count). The highest BCUT2D eigenvalue weighted by Gasteiger charge is 2.46. The number of hydrogen-bond acceptors (Lipinski definition) is 4. The fourth-order valence-corrected chi connectivity index (χ4v) is 3.68. The summed E-state index contributed by atoms with van der Waals surface area (Å²) in [6, 6.07) is 8.95. The number of nitrogens with zero attached hydrogens (tertiary/aromatic N) is 2. The van der Waals surface area contributed by atoms with Gasteiger partial charge in [0.25, 0.3) is 5.91 Å². The van der Waals surface area contributed by atoms with Crippen LogP contribution in [0, 0.1) is 5.92 Å². The van der Waals surface area contributed by atoms with Crippen molar-refractivity contribution >= 4 is 17.8 Å². The number of aliphatic imine (C=N–C) groups is 1. The lowest BCUT2D eigenvalue weighted by Gasteiger charge is -2.34. The SMILES string of the molecule is O=C1NC(=O)N(Cc2ccccc2)C2N=C(C3CCCC3)NC12. The van der Waals surface area contributed by atoms with Gasteiger partial charge in [-0.1, -0.05) is 43.2 Å². The van der Waals surface area contributed by atoms with Crippen molar-refractivity contribution in [3.63, 3.8) is 0 Å². The van der Waals surface area contributed by atoms with Crippen LogP contribution in [0.2, 0.25) is 0 Å². The number of imide groups is 1. The minimum Gasteiger partial charge on any atom is -0.359 e. The van der Waals surface area contributed by atoms with Gasteiger partial charge in [-0.15, -0.1) is 0 Å². The third kappa shape index (κ3) is 2.58. The van der Waals surface area contributed by atoms with Crippen molar-refractivity contribution in [2.75, 3.05) is 0 Å². The molecule has 2 heterocycles. The molecular weight excluding hydrogens is 292 g/mol. The van der Waals surface area contributed by atoms with E-state index in [4.69, 9.17) is 4.99 Å². The van der Waals surface area contributed by atoms with Gasteiger partial charge in [0.1, 0.15) is 11.9 Å². The van der Waals surface area contributed by atoms with Gasteiger partial charge in [0.2, 0.25) is 0 Å². The molecule has 3 aliphatic rings. The normalized spacial score (nSPS) is 27.5.